The normalized spacial score (nSPS) is 12.8. The number of para-hydroxylation sites is 2. The Hall–Kier alpha value is -2.65. The van der Waals surface area contributed by atoms with Crippen molar-refractivity contribution in [1.82, 2.24) is 9.55 Å². The van der Waals surface area contributed by atoms with Crippen molar-refractivity contribution in [2.75, 3.05) is 0 Å². The lowest BCUT2D eigenvalue weighted by atomic mass is 10.0. The minimum atomic E-state index is -0.554. The van der Waals surface area contributed by atoms with Crippen LogP contribution in [0, 0.1) is 0 Å². The molecule has 0 aliphatic carbocycles. The van der Waals surface area contributed by atoms with E-state index in [0.29, 0.717) is 6.54 Å². The quantitative estimate of drug-likeness (QED) is 0.620. The summed E-state index contributed by atoms with van der Waals surface area (Å²) >= 11 is 0. The number of aliphatic hydroxyl groups excluding tert-OH is 1. The van der Waals surface area contributed by atoms with E-state index in [1.807, 2.05) is 47.0 Å². The monoisotopic (exact) mass is 288 g/mol. The van der Waals surface area contributed by atoms with Gasteiger partial charge in [0.15, 0.2) is 0 Å². The lowest BCUT2D eigenvalue weighted by molar-refractivity contribution is 0.158. The number of aliphatic hydroxyl groups is 1. The van der Waals surface area contributed by atoms with E-state index in [-0.39, 0.29) is 0 Å². The number of imidazole rings is 1. The first-order valence-electron chi connectivity index (χ1n) is 7.38. The highest BCUT2D eigenvalue weighted by atomic mass is 16.3. The number of hydrogen-bond acceptors (Lipinski definition) is 2. The predicted octanol–water partition coefficient (Wildman–Crippen LogP) is 3.92. The Morgan fingerprint density at radius 3 is 2.59 bits per heavy atom. The summed E-state index contributed by atoms with van der Waals surface area (Å²) in [5.41, 5.74) is 2.92. The van der Waals surface area contributed by atoms with E-state index >= 15 is 0 Å². The zero-order valence-corrected chi connectivity index (χ0v) is 12.1. The molecule has 0 amide bonds. The predicted molar refractivity (Wildman–Crippen MR) is 88.6 cm³/mol. The molecule has 3 heteroatoms. The van der Waals surface area contributed by atoms with Gasteiger partial charge in [-0.3, -0.25) is 0 Å². The van der Waals surface area contributed by atoms with Crippen molar-refractivity contribution in [2.45, 2.75) is 12.6 Å². The second-order valence-corrected chi connectivity index (χ2v) is 5.51. The maximum absolute atomic E-state index is 10.6. The molecule has 4 aromatic rings. The number of nitrogens with zero attached hydrogens (tertiary/aromatic N) is 2. The molecule has 1 aromatic heterocycles. The third-order valence-electron chi connectivity index (χ3n) is 4.06. The van der Waals surface area contributed by atoms with Crippen molar-refractivity contribution in [1.29, 1.82) is 0 Å². The summed E-state index contributed by atoms with van der Waals surface area (Å²) in [6, 6.07) is 22.3. The molecule has 0 aliphatic heterocycles. The molecule has 3 nitrogen and oxygen atoms in total. The van der Waals surface area contributed by atoms with Crippen molar-refractivity contribution in [3.05, 3.63) is 78.6 Å². The van der Waals surface area contributed by atoms with Crippen LogP contribution in [0.25, 0.3) is 21.8 Å². The molecule has 0 saturated carbocycles. The fourth-order valence-electron chi connectivity index (χ4n) is 2.86. The van der Waals surface area contributed by atoms with Crippen LogP contribution in [0.3, 0.4) is 0 Å². The molecule has 108 valence electrons. The molecule has 0 radical (unpaired) electrons. The average Bonchev–Trinajstić information content (AvgIpc) is 2.97. The molecule has 1 N–H and O–H groups in total. The van der Waals surface area contributed by atoms with Gasteiger partial charge in [0.1, 0.15) is 0 Å². The Kier molecular flexibility index (Phi) is 3.13. The smallest absolute Gasteiger partial charge is 0.0969 e. The van der Waals surface area contributed by atoms with Gasteiger partial charge in [-0.05, 0) is 34.5 Å². The van der Waals surface area contributed by atoms with Crippen LogP contribution < -0.4 is 0 Å². The molecule has 0 aliphatic rings. The summed E-state index contributed by atoms with van der Waals surface area (Å²) in [4.78, 5) is 4.37. The Bertz CT molecular complexity index is 942. The molecule has 3 aromatic carbocycles. The molecule has 0 bridgehead atoms. The molecule has 0 fully saturated rings. The summed E-state index contributed by atoms with van der Waals surface area (Å²) in [7, 11) is 0. The van der Waals surface area contributed by atoms with Gasteiger partial charge in [0.2, 0.25) is 0 Å². The van der Waals surface area contributed by atoms with E-state index in [0.717, 1.165) is 22.0 Å². The summed E-state index contributed by atoms with van der Waals surface area (Å²) in [5, 5.41) is 12.9. The van der Waals surface area contributed by atoms with Crippen molar-refractivity contribution in [3.8, 4) is 0 Å². The van der Waals surface area contributed by atoms with Gasteiger partial charge in [-0.15, -0.1) is 0 Å². The Morgan fingerprint density at radius 1 is 0.909 bits per heavy atom. The van der Waals surface area contributed by atoms with Crippen LogP contribution in [-0.2, 0) is 6.54 Å². The Morgan fingerprint density at radius 2 is 1.68 bits per heavy atom. The molecular formula is C19H16N2O. The van der Waals surface area contributed by atoms with Gasteiger partial charge in [-0.2, -0.15) is 0 Å². The third kappa shape index (κ3) is 2.26. The zero-order chi connectivity index (χ0) is 14.9. The van der Waals surface area contributed by atoms with Gasteiger partial charge < -0.3 is 9.67 Å². The average molecular weight is 288 g/mol. The van der Waals surface area contributed by atoms with Gasteiger partial charge in [0, 0.05) is 0 Å². The van der Waals surface area contributed by atoms with Crippen LogP contribution in [0.2, 0.25) is 0 Å². The molecule has 0 spiro atoms. The zero-order valence-electron chi connectivity index (χ0n) is 12.1. The molecule has 0 unspecified atom stereocenters. The van der Waals surface area contributed by atoms with Crippen LogP contribution in [0.5, 0.6) is 0 Å². The SMILES string of the molecule is O[C@@H](Cn1cnc2ccccc21)c1ccc2ccccc2c1. The van der Waals surface area contributed by atoms with Gasteiger partial charge in [-0.25, -0.2) is 4.98 Å². The van der Waals surface area contributed by atoms with Crippen molar-refractivity contribution in [2.24, 2.45) is 0 Å². The van der Waals surface area contributed by atoms with Crippen LogP contribution >= 0.6 is 0 Å². The van der Waals surface area contributed by atoms with E-state index in [2.05, 4.69) is 29.2 Å². The van der Waals surface area contributed by atoms with E-state index in [1.54, 1.807) is 6.33 Å². The number of hydrogen-bond donors (Lipinski definition) is 1. The molecule has 0 saturated heterocycles. The Balaban J connectivity index is 1.66. The first-order chi connectivity index (χ1) is 10.8. The second-order valence-electron chi connectivity index (χ2n) is 5.51. The van der Waals surface area contributed by atoms with Crippen molar-refractivity contribution < 1.29 is 5.11 Å². The van der Waals surface area contributed by atoms with Crippen LogP contribution in [0.15, 0.2) is 73.1 Å². The summed E-state index contributed by atoms with van der Waals surface area (Å²) < 4.78 is 2.00. The van der Waals surface area contributed by atoms with E-state index in [4.69, 9.17) is 0 Å². The lowest BCUT2D eigenvalue weighted by Crippen LogP contribution is -2.07. The number of aromatic nitrogens is 2. The molecule has 22 heavy (non-hydrogen) atoms. The summed E-state index contributed by atoms with van der Waals surface area (Å²) in [6.45, 7) is 0.499. The maximum Gasteiger partial charge on any atom is 0.0969 e. The maximum atomic E-state index is 10.6. The Labute approximate surface area is 128 Å². The second kappa shape index (κ2) is 5.28. The van der Waals surface area contributed by atoms with Gasteiger partial charge in [-0.1, -0.05) is 48.5 Å². The van der Waals surface area contributed by atoms with E-state index < -0.39 is 6.10 Å². The highest BCUT2D eigenvalue weighted by Crippen LogP contribution is 2.23. The van der Waals surface area contributed by atoms with Crippen LogP contribution in [0.4, 0.5) is 0 Å². The first-order valence-corrected chi connectivity index (χ1v) is 7.38. The topological polar surface area (TPSA) is 38.0 Å². The van der Waals surface area contributed by atoms with Crippen LogP contribution in [-0.4, -0.2) is 14.7 Å². The lowest BCUT2D eigenvalue weighted by Gasteiger charge is -2.13. The molecule has 4 rings (SSSR count). The fraction of sp³-hybridized carbons (Fsp3) is 0.105. The van der Waals surface area contributed by atoms with Crippen molar-refractivity contribution >= 4 is 21.8 Å². The third-order valence-corrected chi connectivity index (χ3v) is 4.06. The van der Waals surface area contributed by atoms with E-state index in [9.17, 15) is 5.11 Å². The van der Waals surface area contributed by atoms with Gasteiger partial charge >= 0.3 is 0 Å². The highest BCUT2D eigenvalue weighted by Gasteiger charge is 2.11. The van der Waals surface area contributed by atoms with E-state index in [1.165, 1.54) is 5.39 Å². The minimum absolute atomic E-state index is 0.499. The highest BCUT2D eigenvalue weighted by molar-refractivity contribution is 5.83. The standard InChI is InChI=1S/C19H16N2O/c22-19(12-21-13-20-17-7-3-4-8-18(17)21)16-10-9-14-5-1-2-6-15(14)11-16/h1-11,13,19,22H,12H2/t19-/m0/s1. The minimum Gasteiger partial charge on any atom is -0.387 e. The largest absolute Gasteiger partial charge is 0.387 e. The molecule has 1 atom stereocenters. The van der Waals surface area contributed by atoms with Gasteiger partial charge in [0.05, 0.1) is 30.0 Å². The number of fused-ring (bicyclic) bond motifs is 2. The van der Waals surface area contributed by atoms with Crippen molar-refractivity contribution in [3.63, 3.8) is 0 Å². The number of benzene rings is 3. The fourth-order valence-corrected chi connectivity index (χ4v) is 2.86. The number of rotatable bonds is 3. The van der Waals surface area contributed by atoms with Crippen LogP contribution in [0.1, 0.15) is 11.7 Å². The molecule has 1 heterocycles. The first kappa shape index (κ1) is 13.0. The summed E-state index contributed by atoms with van der Waals surface area (Å²) in [5.74, 6) is 0. The van der Waals surface area contributed by atoms with Gasteiger partial charge in [0.25, 0.3) is 0 Å². The molecular weight excluding hydrogens is 272 g/mol. The summed E-state index contributed by atoms with van der Waals surface area (Å²) in [6.07, 6.45) is 1.23.